The number of benzene rings is 2. The van der Waals surface area contributed by atoms with Crippen LogP contribution in [0.3, 0.4) is 0 Å². The van der Waals surface area contributed by atoms with E-state index >= 15 is 0 Å². The van der Waals surface area contributed by atoms with Crippen molar-refractivity contribution in [2.45, 2.75) is 32.0 Å². The Bertz CT molecular complexity index is 899. The topological polar surface area (TPSA) is 25.2 Å². The third kappa shape index (κ3) is 3.91. The van der Waals surface area contributed by atoms with E-state index < -0.39 is 0 Å². The lowest BCUT2D eigenvalue weighted by Gasteiger charge is -2.23. The van der Waals surface area contributed by atoms with Crippen molar-refractivity contribution in [3.05, 3.63) is 94.2 Å². The fourth-order valence-electron chi connectivity index (χ4n) is 3.24. The molecule has 1 fully saturated rings. The normalized spacial score (nSPS) is 13.6. The molecule has 0 radical (unpaired) electrons. The maximum atomic E-state index is 13.1. The van der Waals surface area contributed by atoms with E-state index in [1.165, 1.54) is 11.3 Å². The molecule has 0 bridgehead atoms. The maximum Gasteiger partial charge on any atom is 0.254 e. The molecule has 0 saturated heterocycles. The summed E-state index contributed by atoms with van der Waals surface area (Å²) in [6, 6.07) is 22.6. The zero-order valence-corrected chi connectivity index (χ0v) is 16.1. The van der Waals surface area contributed by atoms with Crippen molar-refractivity contribution in [1.29, 1.82) is 0 Å². The first kappa shape index (κ1) is 17.1. The number of nitrogens with zero attached hydrogens (tertiary/aromatic N) is 2. The Hall–Kier alpha value is -2.33. The van der Waals surface area contributed by atoms with Gasteiger partial charge in [-0.25, -0.2) is 0 Å². The van der Waals surface area contributed by atoms with Crippen molar-refractivity contribution in [3.8, 4) is 0 Å². The summed E-state index contributed by atoms with van der Waals surface area (Å²) in [6.07, 6.45) is 4.29. The minimum absolute atomic E-state index is 0.112. The van der Waals surface area contributed by atoms with Gasteiger partial charge in [-0.3, -0.25) is 4.79 Å². The van der Waals surface area contributed by atoms with Crippen molar-refractivity contribution >= 4 is 21.8 Å². The quantitative estimate of drug-likeness (QED) is 0.556. The Morgan fingerprint density at radius 3 is 2.58 bits per heavy atom. The fraction of sp³-hybridized carbons (Fsp3) is 0.227. The molecule has 0 aliphatic heterocycles. The minimum atomic E-state index is 0.112. The molecule has 0 unspecified atom stereocenters. The highest BCUT2D eigenvalue weighted by Crippen LogP contribution is 2.30. The zero-order chi connectivity index (χ0) is 17.9. The molecule has 2 aromatic carbocycles. The van der Waals surface area contributed by atoms with Crippen molar-refractivity contribution < 1.29 is 4.79 Å². The van der Waals surface area contributed by atoms with Crippen LogP contribution in [0.2, 0.25) is 0 Å². The zero-order valence-electron chi connectivity index (χ0n) is 14.5. The first-order valence-corrected chi connectivity index (χ1v) is 9.74. The summed E-state index contributed by atoms with van der Waals surface area (Å²) in [6.45, 7) is 1.47. The molecule has 1 heterocycles. The third-order valence-electron chi connectivity index (χ3n) is 4.77. The molecule has 1 saturated carbocycles. The van der Waals surface area contributed by atoms with Crippen molar-refractivity contribution in [3.63, 3.8) is 0 Å². The van der Waals surface area contributed by atoms with E-state index in [4.69, 9.17) is 0 Å². The second kappa shape index (κ2) is 7.50. The van der Waals surface area contributed by atoms with Crippen molar-refractivity contribution in [1.82, 2.24) is 9.47 Å². The number of aromatic nitrogens is 1. The van der Waals surface area contributed by atoms with Crippen LogP contribution >= 0.6 is 15.9 Å². The second-order valence-electron chi connectivity index (χ2n) is 6.79. The Kier molecular flexibility index (Phi) is 4.93. The SMILES string of the molecule is O=C(c1cccc(Br)c1)N(Cc1cccn1Cc1ccccc1)C1CC1. The lowest BCUT2D eigenvalue weighted by molar-refractivity contribution is 0.0726. The molecule has 4 rings (SSSR count). The van der Waals surface area contributed by atoms with Gasteiger partial charge in [-0.15, -0.1) is 0 Å². The highest BCUT2D eigenvalue weighted by atomic mass is 79.9. The van der Waals surface area contributed by atoms with E-state index in [2.05, 4.69) is 63.1 Å². The molecule has 3 nitrogen and oxygen atoms in total. The van der Waals surface area contributed by atoms with E-state index in [0.29, 0.717) is 12.6 Å². The minimum Gasteiger partial charge on any atom is -0.345 e. The first-order valence-electron chi connectivity index (χ1n) is 8.95. The van der Waals surface area contributed by atoms with Crippen LogP contribution in [-0.2, 0) is 13.1 Å². The average molecular weight is 409 g/mol. The Labute approximate surface area is 162 Å². The van der Waals surface area contributed by atoms with Crippen molar-refractivity contribution in [2.75, 3.05) is 0 Å². The fourth-order valence-corrected chi connectivity index (χ4v) is 3.64. The molecular weight excluding hydrogens is 388 g/mol. The van der Waals surface area contributed by atoms with Gasteiger partial charge in [0.25, 0.3) is 5.91 Å². The number of amides is 1. The molecule has 0 spiro atoms. The first-order chi connectivity index (χ1) is 12.7. The predicted octanol–water partition coefficient (Wildman–Crippen LogP) is 5.10. The molecule has 132 valence electrons. The average Bonchev–Trinajstić information content (AvgIpc) is 3.41. The Balaban J connectivity index is 1.55. The van der Waals surface area contributed by atoms with Gasteiger partial charge in [0.15, 0.2) is 0 Å². The number of carbonyl (C=O) groups excluding carboxylic acids is 1. The molecule has 1 aliphatic carbocycles. The molecule has 1 aliphatic rings. The third-order valence-corrected chi connectivity index (χ3v) is 5.26. The smallest absolute Gasteiger partial charge is 0.254 e. The van der Waals surface area contributed by atoms with E-state index in [9.17, 15) is 4.79 Å². The highest BCUT2D eigenvalue weighted by Gasteiger charge is 2.33. The van der Waals surface area contributed by atoms with E-state index in [-0.39, 0.29) is 5.91 Å². The largest absolute Gasteiger partial charge is 0.345 e. The van der Waals surface area contributed by atoms with Crippen LogP contribution in [0.1, 0.15) is 34.5 Å². The number of hydrogen-bond donors (Lipinski definition) is 0. The molecule has 26 heavy (non-hydrogen) atoms. The van der Waals surface area contributed by atoms with Crippen LogP contribution in [0.25, 0.3) is 0 Å². The summed E-state index contributed by atoms with van der Waals surface area (Å²) in [4.78, 5) is 15.1. The standard InChI is InChI=1S/C22H21BrN2O/c23-19-9-4-8-18(14-19)22(26)25(20-11-12-20)16-21-10-5-13-24(21)15-17-6-2-1-3-7-17/h1-10,13-14,20H,11-12,15-16H2. The number of halogens is 1. The van der Waals surface area contributed by atoms with Gasteiger partial charge in [0.05, 0.1) is 6.54 Å². The van der Waals surface area contributed by atoms with Gasteiger partial charge in [-0.05, 0) is 48.7 Å². The predicted molar refractivity (Wildman–Crippen MR) is 107 cm³/mol. The lowest BCUT2D eigenvalue weighted by Crippen LogP contribution is -2.33. The van der Waals surface area contributed by atoms with E-state index in [0.717, 1.165) is 29.4 Å². The van der Waals surface area contributed by atoms with Gasteiger partial charge < -0.3 is 9.47 Å². The van der Waals surface area contributed by atoms with Crippen LogP contribution in [0.15, 0.2) is 77.4 Å². The number of carbonyl (C=O) groups is 1. The molecule has 4 heteroatoms. The second-order valence-corrected chi connectivity index (χ2v) is 7.70. The van der Waals surface area contributed by atoms with Gasteiger partial charge in [0, 0.05) is 34.5 Å². The molecule has 0 atom stereocenters. The van der Waals surface area contributed by atoms with Crippen LogP contribution in [0.4, 0.5) is 0 Å². The van der Waals surface area contributed by atoms with E-state index in [1.54, 1.807) is 0 Å². The lowest BCUT2D eigenvalue weighted by atomic mass is 10.2. The molecule has 1 aromatic heterocycles. The van der Waals surface area contributed by atoms with Crippen LogP contribution < -0.4 is 0 Å². The summed E-state index contributed by atoms with van der Waals surface area (Å²) >= 11 is 3.47. The molecule has 1 amide bonds. The van der Waals surface area contributed by atoms with Gasteiger partial charge in [0.2, 0.25) is 0 Å². The maximum absolute atomic E-state index is 13.1. The van der Waals surface area contributed by atoms with E-state index in [1.807, 2.05) is 35.2 Å². The summed E-state index contributed by atoms with van der Waals surface area (Å²) in [5.41, 5.74) is 3.18. The molecule has 3 aromatic rings. The van der Waals surface area contributed by atoms with Gasteiger partial charge in [-0.2, -0.15) is 0 Å². The van der Waals surface area contributed by atoms with Gasteiger partial charge in [0.1, 0.15) is 0 Å². The number of rotatable bonds is 6. The summed E-state index contributed by atoms with van der Waals surface area (Å²) < 4.78 is 3.17. The summed E-state index contributed by atoms with van der Waals surface area (Å²) in [7, 11) is 0. The highest BCUT2D eigenvalue weighted by molar-refractivity contribution is 9.10. The summed E-state index contributed by atoms with van der Waals surface area (Å²) in [5, 5.41) is 0. The van der Waals surface area contributed by atoms with Crippen LogP contribution in [0.5, 0.6) is 0 Å². The van der Waals surface area contributed by atoms with Gasteiger partial charge in [-0.1, -0.05) is 52.3 Å². The monoisotopic (exact) mass is 408 g/mol. The Morgan fingerprint density at radius 1 is 1.04 bits per heavy atom. The van der Waals surface area contributed by atoms with Crippen LogP contribution in [-0.4, -0.2) is 21.4 Å². The number of hydrogen-bond acceptors (Lipinski definition) is 1. The molecular formula is C22H21BrN2O. The van der Waals surface area contributed by atoms with Crippen LogP contribution in [0, 0.1) is 0 Å². The van der Waals surface area contributed by atoms with Gasteiger partial charge >= 0.3 is 0 Å². The summed E-state index contributed by atoms with van der Waals surface area (Å²) in [5.74, 6) is 0.112. The molecule has 0 N–H and O–H groups in total. The Morgan fingerprint density at radius 2 is 1.85 bits per heavy atom. The van der Waals surface area contributed by atoms with Crippen molar-refractivity contribution in [2.24, 2.45) is 0 Å².